The lowest BCUT2D eigenvalue weighted by atomic mass is 10.2. The Labute approximate surface area is 116 Å². The van der Waals surface area contributed by atoms with Gasteiger partial charge in [-0.1, -0.05) is 23.7 Å². The predicted octanol–water partition coefficient (Wildman–Crippen LogP) is 4.01. The fourth-order valence-electron chi connectivity index (χ4n) is 1.55. The van der Waals surface area contributed by atoms with Gasteiger partial charge in [-0.2, -0.15) is 0 Å². The number of aryl methyl sites for hydroxylation is 1. The highest BCUT2D eigenvalue weighted by atomic mass is 35.5. The third-order valence-corrected chi connectivity index (χ3v) is 3.16. The Hall–Kier alpha value is -1.32. The molecule has 0 amide bonds. The molecule has 18 heavy (non-hydrogen) atoms. The molecule has 94 valence electrons. The van der Waals surface area contributed by atoms with Gasteiger partial charge in [0.05, 0.1) is 0 Å². The van der Waals surface area contributed by atoms with Crippen LogP contribution in [0.1, 0.15) is 16.8 Å². The second-order valence-electron chi connectivity index (χ2n) is 4.03. The van der Waals surface area contributed by atoms with Gasteiger partial charge in [0.1, 0.15) is 5.82 Å². The molecule has 5 heteroatoms. The lowest BCUT2D eigenvalue weighted by molar-refractivity contribution is 1.03. The Morgan fingerprint density at radius 3 is 2.39 bits per heavy atom. The molecule has 2 rings (SSSR count). The minimum atomic E-state index is 0.261. The van der Waals surface area contributed by atoms with Gasteiger partial charge in [-0.05, 0) is 43.1 Å². The molecule has 1 N–H and O–H groups in total. The number of halogens is 2. The summed E-state index contributed by atoms with van der Waals surface area (Å²) in [6.07, 6.45) is 0. The van der Waals surface area contributed by atoms with E-state index in [4.69, 9.17) is 23.2 Å². The van der Waals surface area contributed by atoms with Crippen LogP contribution in [0.25, 0.3) is 0 Å². The molecular formula is C13H13Cl2N3. The summed E-state index contributed by atoms with van der Waals surface area (Å²) in [4.78, 5) is 8.28. The molecule has 0 bridgehead atoms. The van der Waals surface area contributed by atoms with Gasteiger partial charge in [-0.3, -0.25) is 0 Å². The molecule has 0 radical (unpaired) electrons. The molecule has 0 atom stereocenters. The average molecular weight is 282 g/mol. The van der Waals surface area contributed by atoms with Crippen molar-refractivity contribution in [2.75, 3.05) is 5.32 Å². The smallest absolute Gasteiger partial charge is 0.224 e. The summed E-state index contributed by atoms with van der Waals surface area (Å²) in [6.45, 7) is 4.55. The van der Waals surface area contributed by atoms with Crippen LogP contribution in [-0.4, -0.2) is 9.97 Å². The quantitative estimate of drug-likeness (QED) is 0.864. The third kappa shape index (κ3) is 3.12. The molecule has 3 nitrogen and oxygen atoms in total. The van der Waals surface area contributed by atoms with E-state index in [1.807, 2.05) is 38.1 Å². The summed E-state index contributed by atoms with van der Waals surface area (Å²) in [5.74, 6) is 0.766. The fourth-order valence-corrected chi connectivity index (χ4v) is 1.89. The number of benzene rings is 1. The molecule has 0 aliphatic carbocycles. The lowest BCUT2D eigenvalue weighted by Gasteiger charge is -2.10. The highest BCUT2D eigenvalue weighted by molar-refractivity contribution is 6.30. The van der Waals surface area contributed by atoms with Gasteiger partial charge in [-0.15, -0.1) is 0 Å². The van der Waals surface area contributed by atoms with E-state index in [2.05, 4.69) is 15.3 Å². The molecule has 0 aliphatic heterocycles. The summed E-state index contributed by atoms with van der Waals surface area (Å²) in [5, 5.41) is 4.24. The van der Waals surface area contributed by atoms with Crippen LogP contribution in [0.15, 0.2) is 24.3 Å². The zero-order chi connectivity index (χ0) is 13.1. The van der Waals surface area contributed by atoms with Crippen molar-refractivity contribution in [3.8, 4) is 0 Å². The minimum absolute atomic E-state index is 0.261. The van der Waals surface area contributed by atoms with Gasteiger partial charge in [0.15, 0.2) is 0 Å². The summed E-state index contributed by atoms with van der Waals surface area (Å²) in [6, 6.07) is 7.67. The second-order valence-corrected chi connectivity index (χ2v) is 4.81. The van der Waals surface area contributed by atoms with E-state index in [0.29, 0.717) is 6.54 Å². The molecule has 0 unspecified atom stereocenters. The molecule has 0 aliphatic rings. The minimum Gasteiger partial charge on any atom is -0.366 e. The predicted molar refractivity (Wildman–Crippen MR) is 75.3 cm³/mol. The summed E-state index contributed by atoms with van der Waals surface area (Å²) >= 11 is 11.7. The Balaban J connectivity index is 2.13. The maximum Gasteiger partial charge on any atom is 0.224 e. The zero-order valence-electron chi connectivity index (χ0n) is 10.2. The summed E-state index contributed by atoms with van der Waals surface area (Å²) < 4.78 is 0. The van der Waals surface area contributed by atoms with Crippen LogP contribution >= 0.6 is 23.2 Å². The van der Waals surface area contributed by atoms with Crippen LogP contribution in [0.5, 0.6) is 0 Å². The molecular weight excluding hydrogens is 269 g/mol. The average Bonchev–Trinajstić information content (AvgIpc) is 2.34. The zero-order valence-corrected chi connectivity index (χ0v) is 11.7. The van der Waals surface area contributed by atoms with Crippen molar-refractivity contribution in [2.45, 2.75) is 20.4 Å². The maximum absolute atomic E-state index is 5.84. The van der Waals surface area contributed by atoms with Crippen molar-refractivity contribution in [1.82, 2.24) is 9.97 Å². The van der Waals surface area contributed by atoms with Crippen molar-refractivity contribution < 1.29 is 0 Å². The first-order valence-electron chi connectivity index (χ1n) is 5.55. The first-order chi connectivity index (χ1) is 8.56. The number of nitrogens with zero attached hydrogens (tertiary/aromatic N) is 2. The molecule has 0 saturated heterocycles. The van der Waals surface area contributed by atoms with E-state index in [1.54, 1.807) is 0 Å². The van der Waals surface area contributed by atoms with Crippen LogP contribution < -0.4 is 5.32 Å². The van der Waals surface area contributed by atoms with Gasteiger partial charge < -0.3 is 5.32 Å². The SMILES string of the molecule is Cc1nc(Cl)nc(NCc2ccc(Cl)cc2)c1C. The number of aromatic nitrogens is 2. The molecule has 1 aromatic carbocycles. The van der Waals surface area contributed by atoms with E-state index >= 15 is 0 Å². The van der Waals surface area contributed by atoms with E-state index in [0.717, 1.165) is 27.7 Å². The maximum atomic E-state index is 5.84. The topological polar surface area (TPSA) is 37.8 Å². The summed E-state index contributed by atoms with van der Waals surface area (Å²) in [5.41, 5.74) is 3.02. The van der Waals surface area contributed by atoms with Crippen LogP contribution in [0.4, 0.5) is 5.82 Å². The largest absolute Gasteiger partial charge is 0.366 e. The van der Waals surface area contributed by atoms with E-state index in [9.17, 15) is 0 Å². The van der Waals surface area contributed by atoms with Crippen LogP contribution in [0, 0.1) is 13.8 Å². The Morgan fingerprint density at radius 1 is 1.06 bits per heavy atom. The lowest BCUT2D eigenvalue weighted by Crippen LogP contribution is -2.05. The number of rotatable bonds is 3. The first-order valence-corrected chi connectivity index (χ1v) is 6.31. The normalized spacial score (nSPS) is 10.4. The third-order valence-electron chi connectivity index (χ3n) is 2.74. The number of hydrogen-bond donors (Lipinski definition) is 1. The number of nitrogens with one attached hydrogen (secondary N) is 1. The second kappa shape index (κ2) is 5.55. The van der Waals surface area contributed by atoms with Gasteiger partial charge in [0.25, 0.3) is 0 Å². The van der Waals surface area contributed by atoms with E-state index in [-0.39, 0.29) is 5.28 Å². The molecule has 1 aromatic heterocycles. The van der Waals surface area contributed by atoms with Crippen molar-refractivity contribution in [1.29, 1.82) is 0 Å². The molecule has 0 spiro atoms. The highest BCUT2D eigenvalue weighted by Crippen LogP contribution is 2.18. The van der Waals surface area contributed by atoms with E-state index in [1.165, 1.54) is 0 Å². The van der Waals surface area contributed by atoms with Crippen molar-refractivity contribution in [2.24, 2.45) is 0 Å². The van der Waals surface area contributed by atoms with Crippen molar-refractivity contribution in [3.63, 3.8) is 0 Å². The fraction of sp³-hybridized carbons (Fsp3) is 0.231. The number of anilines is 1. The molecule has 0 saturated carbocycles. The first kappa shape index (κ1) is 13.1. The molecule has 1 heterocycles. The van der Waals surface area contributed by atoms with Crippen LogP contribution in [-0.2, 0) is 6.54 Å². The van der Waals surface area contributed by atoms with Gasteiger partial charge in [0, 0.05) is 22.8 Å². The van der Waals surface area contributed by atoms with Crippen LogP contribution in [0.2, 0.25) is 10.3 Å². The summed E-state index contributed by atoms with van der Waals surface area (Å²) in [7, 11) is 0. The Kier molecular flexibility index (Phi) is 4.04. The Morgan fingerprint density at radius 2 is 1.72 bits per heavy atom. The van der Waals surface area contributed by atoms with Gasteiger partial charge >= 0.3 is 0 Å². The number of hydrogen-bond acceptors (Lipinski definition) is 3. The van der Waals surface area contributed by atoms with Gasteiger partial charge in [-0.25, -0.2) is 9.97 Å². The Bertz CT molecular complexity index is 553. The van der Waals surface area contributed by atoms with Crippen molar-refractivity contribution >= 4 is 29.0 Å². The van der Waals surface area contributed by atoms with Gasteiger partial charge in [0.2, 0.25) is 5.28 Å². The molecule has 0 fully saturated rings. The standard InChI is InChI=1S/C13H13Cl2N3/c1-8-9(2)17-13(15)18-12(8)16-7-10-3-5-11(14)6-4-10/h3-6H,7H2,1-2H3,(H,16,17,18). The van der Waals surface area contributed by atoms with Crippen LogP contribution in [0.3, 0.4) is 0 Å². The monoisotopic (exact) mass is 281 g/mol. The van der Waals surface area contributed by atoms with E-state index < -0.39 is 0 Å². The highest BCUT2D eigenvalue weighted by Gasteiger charge is 2.06. The van der Waals surface area contributed by atoms with Crippen molar-refractivity contribution in [3.05, 3.63) is 51.4 Å². The molecule has 2 aromatic rings.